The Bertz CT molecular complexity index is 643. The molecule has 132 valence electrons. The minimum absolute atomic E-state index is 0.0116. The van der Waals surface area contributed by atoms with Crippen molar-refractivity contribution in [2.45, 2.75) is 52.1 Å². The number of nitrogens with zero attached hydrogens (tertiary/aromatic N) is 1. The molecular weight excluding hydrogens is 313 g/mol. The summed E-state index contributed by atoms with van der Waals surface area (Å²) in [6, 6.07) is 2.71. The minimum Gasteiger partial charge on any atom is -0.478 e. The SMILES string of the molecule is Cc1cc(C2CCN(C(=O)OC(C)(C)C)CC2)c(F)cc1C(=O)O. The average Bonchev–Trinajstić information content (AvgIpc) is 2.47. The lowest BCUT2D eigenvalue weighted by atomic mass is 9.87. The predicted octanol–water partition coefficient (Wildman–Crippen LogP) is 3.95. The van der Waals surface area contributed by atoms with E-state index in [0.29, 0.717) is 37.1 Å². The highest BCUT2D eigenvalue weighted by Crippen LogP contribution is 2.32. The number of carbonyl (C=O) groups excluding carboxylic acids is 1. The first-order valence-corrected chi connectivity index (χ1v) is 8.10. The van der Waals surface area contributed by atoms with Gasteiger partial charge in [0.15, 0.2) is 0 Å². The predicted molar refractivity (Wildman–Crippen MR) is 87.9 cm³/mol. The van der Waals surface area contributed by atoms with E-state index in [1.165, 1.54) is 0 Å². The van der Waals surface area contributed by atoms with Crippen molar-refractivity contribution in [1.82, 2.24) is 4.90 Å². The van der Waals surface area contributed by atoms with Gasteiger partial charge in [0.25, 0.3) is 0 Å². The number of aryl methyl sites for hydroxylation is 1. The maximum absolute atomic E-state index is 14.3. The van der Waals surface area contributed by atoms with E-state index in [0.717, 1.165) is 6.07 Å². The van der Waals surface area contributed by atoms with Gasteiger partial charge in [0.1, 0.15) is 11.4 Å². The zero-order valence-corrected chi connectivity index (χ0v) is 14.6. The smallest absolute Gasteiger partial charge is 0.410 e. The summed E-state index contributed by atoms with van der Waals surface area (Å²) in [6.45, 7) is 8.12. The first-order valence-electron chi connectivity index (χ1n) is 8.10. The Morgan fingerprint density at radius 3 is 2.33 bits per heavy atom. The molecule has 1 N–H and O–H groups in total. The molecule has 1 aromatic carbocycles. The Hall–Kier alpha value is -2.11. The van der Waals surface area contributed by atoms with Gasteiger partial charge in [-0.3, -0.25) is 0 Å². The standard InChI is InChI=1S/C18H24FNO4/c1-11-9-14(15(19)10-13(11)16(21)22)12-5-7-20(8-6-12)17(23)24-18(2,3)4/h9-10,12H,5-8H2,1-4H3,(H,21,22). The lowest BCUT2D eigenvalue weighted by molar-refractivity contribution is 0.0204. The van der Waals surface area contributed by atoms with Crippen LogP contribution in [0.1, 0.15) is 61.0 Å². The van der Waals surface area contributed by atoms with Crippen molar-refractivity contribution in [2.75, 3.05) is 13.1 Å². The van der Waals surface area contributed by atoms with Crippen molar-refractivity contribution < 1.29 is 23.8 Å². The van der Waals surface area contributed by atoms with E-state index in [2.05, 4.69) is 0 Å². The summed E-state index contributed by atoms with van der Waals surface area (Å²) in [5.74, 6) is -1.64. The molecule has 2 rings (SSSR count). The first-order chi connectivity index (χ1) is 11.1. The number of hydrogen-bond donors (Lipinski definition) is 1. The third-order valence-electron chi connectivity index (χ3n) is 4.16. The Morgan fingerprint density at radius 2 is 1.83 bits per heavy atom. The fourth-order valence-corrected chi connectivity index (χ4v) is 2.95. The van der Waals surface area contributed by atoms with Crippen LogP contribution in [0.3, 0.4) is 0 Å². The molecule has 24 heavy (non-hydrogen) atoms. The Morgan fingerprint density at radius 1 is 1.25 bits per heavy atom. The van der Waals surface area contributed by atoms with Crippen molar-refractivity contribution in [3.63, 3.8) is 0 Å². The molecule has 0 atom stereocenters. The van der Waals surface area contributed by atoms with Crippen molar-refractivity contribution >= 4 is 12.1 Å². The Kier molecular flexibility index (Phi) is 5.16. The van der Waals surface area contributed by atoms with Crippen LogP contribution in [0.4, 0.5) is 9.18 Å². The van der Waals surface area contributed by atoms with Crippen LogP contribution in [0.15, 0.2) is 12.1 Å². The van der Waals surface area contributed by atoms with Crippen LogP contribution in [0.5, 0.6) is 0 Å². The molecule has 0 aliphatic carbocycles. The number of ether oxygens (including phenoxy) is 1. The third kappa shape index (κ3) is 4.24. The molecule has 6 heteroatoms. The summed E-state index contributed by atoms with van der Waals surface area (Å²) in [6.07, 6.45) is 0.906. The number of aromatic carboxylic acids is 1. The number of hydrogen-bond acceptors (Lipinski definition) is 3. The van der Waals surface area contributed by atoms with Gasteiger partial charge in [-0.1, -0.05) is 6.07 Å². The summed E-state index contributed by atoms with van der Waals surface area (Å²) in [4.78, 5) is 24.8. The molecule has 5 nitrogen and oxygen atoms in total. The molecule has 0 bridgehead atoms. The molecular formula is C18H24FNO4. The van der Waals surface area contributed by atoms with Gasteiger partial charge in [0.05, 0.1) is 5.56 Å². The lowest BCUT2D eigenvalue weighted by Crippen LogP contribution is -2.41. The van der Waals surface area contributed by atoms with Crippen molar-refractivity contribution in [3.8, 4) is 0 Å². The number of amides is 1. The van der Waals surface area contributed by atoms with Crippen LogP contribution in [0.2, 0.25) is 0 Å². The average molecular weight is 337 g/mol. The zero-order valence-electron chi connectivity index (χ0n) is 14.6. The van der Waals surface area contributed by atoms with E-state index in [-0.39, 0.29) is 17.6 Å². The number of carbonyl (C=O) groups is 2. The largest absolute Gasteiger partial charge is 0.478 e. The van der Waals surface area contributed by atoms with Gasteiger partial charge in [-0.25, -0.2) is 14.0 Å². The van der Waals surface area contributed by atoms with E-state index >= 15 is 0 Å². The summed E-state index contributed by atoms with van der Waals surface area (Å²) in [5.41, 5.74) is 0.529. The van der Waals surface area contributed by atoms with E-state index in [1.807, 2.05) is 20.8 Å². The molecule has 1 saturated heterocycles. The zero-order chi connectivity index (χ0) is 18.1. The topological polar surface area (TPSA) is 66.8 Å². The quantitative estimate of drug-likeness (QED) is 0.887. The number of rotatable bonds is 2. The lowest BCUT2D eigenvalue weighted by Gasteiger charge is -2.33. The molecule has 1 amide bonds. The van der Waals surface area contributed by atoms with Crippen molar-refractivity contribution in [1.29, 1.82) is 0 Å². The molecule has 1 aromatic rings. The fraction of sp³-hybridized carbons (Fsp3) is 0.556. The molecule has 0 radical (unpaired) electrons. The van der Waals surface area contributed by atoms with Gasteiger partial charge >= 0.3 is 12.1 Å². The van der Waals surface area contributed by atoms with E-state index < -0.39 is 17.4 Å². The van der Waals surface area contributed by atoms with Crippen molar-refractivity contribution in [2.24, 2.45) is 0 Å². The maximum Gasteiger partial charge on any atom is 0.410 e. The molecule has 0 saturated carbocycles. The summed E-state index contributed by atoms with van der Waals surface area (Å²) >= 11 is 0. The Balaban J connectivity index is 2.06. The van der Waals surface area contributed by atoms with Crippen LogP contribution >= 0.6 is 0 Å². The van der Waals surface area contributed by atoms with Gasteiger partial charge in [-0.2, -0.15) is 0 Å². The van der Waals surface area contributed by atoms with Crippen LogP contribution in [-0.2, 0) is 4.74 Å². The number of likely N-dealkylation sites (tertiary alicyclic amines) is 1. The van der Waals surface area contributed by atoms with Gasteiger partial charge in [0.2, 0.25) is 0 Å². The van der Waals surface area contributed by atoms with Crippen LogP contribution < -0.4 is 0 Å². The van der Waals surface area contributed by atoms with E-state index in [9.17, 15) is 14.0 Å². The van der Waals surface area contributed by atoms with Gasteiger partial charge in [-0.05, 0) is 63.6 Å². The molecule has 1 aliphatic rings. The number of benzene rings is 1. The maximum atomic E-state index is 14.3. The van der Waals surface area contributed by atoms with E-state index in [1.54, 1.807) is 17.9 Å². The second-order valence-corrected chi connectivity index (χ2v) is 7.24. The minimum atomic E-state index is -1.13. The monoisotopic (exact) mass is 337 g/mol. The van der Waals surface area contributed by atoms with Crippen molar-refractivity contribution in [3.05, 3.63) is 34.6 Å². The Labute approximate surface area is 141 Å². The van der Waals surface area contributed by atoms with Crippen LogP contribution in [0.25, 0.3) is 0 Å². The molecule has 1 fully saturated rings. The number of halogens is 1. The fourth-order valence-electron chi connectivity index (χ4n) is 2.95. The van der Waals surface area contributed by atoms with Gasteiger partial charge in [-0.15, -0.1) is 0 Å². The number of piperidine rings is 1. The van der Waals surface area contributed by atoms with Gasteiger partial charge in [0, 0.05) is 13.1 Å². The number of carboxylic acids is 1. The number of carboxylic acid groups (broad SMARTS) is 1. The summed E-state index contributed by atoms with van der Waals surface area (Å²) in [5, 5.41) is 9.06. The second-order valence-electron chi connectivity index (χ2n) is 7.24. The van der Waals surface area contributed by atoms with E-state index in [4.69, 9.17) is 9.84 Å². The second kappa shape index (κ2) is 6.79. The van der Waals surface area contributed by atoms with Crippen LogP contribution in [0, 0.1) is 12.7 Å². The molecule has 1 aliphatic heterocycles. The van der Waals surface area contributed by atoms with Gasteiger partial charge < -0.3 is 14.7 Å². The molecule has 0 aromatic heterocycles. The first kappa shape index (κ1) is 18.2. The molecule has 0 spiro atoms. The summed E-state index contributed by atoms with van der Waals surface area (Å²) < 4.78 is 19.6. The highest BCUT2D eigenvalue weighted by atomic mass is 19.1. The highest BCUT2D eigenvalue weighted by Gasteiger charge is 2.29. The molecule has 0 unspecified atom stereocenters. The third-order valence-corrected chi connectivity index (χ3v) is 4.16. The highest BCUT2D eigenvalue weighted by molar-refractivity contribution is 5.89. The normalized spacial score (nSPS) is 16.1. The molecule has 1 heterocycles. The van der Waals surface area contributed by atoms with Crippen LogP contribution in [-0.4, -0.2) is 40.8 Å². The summed E-state index contributed by atoms with van der Waals surface area (Å²) in [7, 11) is 0.